The molecule has 3 nitrogen and oxygen atoms in total. The van der Waals surface area contributed by atoms with E-state index in [1.165, 1.54) is 19.3 Å². The summed E-state index contributed by atoms with van der Waals surface area (Å²) in [6.07, 6.45) is 3.92. The lowest BCUT2D eigenvalue weighted by atomic mass is 10.4. The molecule has 0 saturated heterocycles. The molecule has 0 unspecified atom stereocenters. The lowest BCUT2D eigenvalue weighted by Crippen LogP contribution is -2.22. The zero-order valence-electron chi connectivity index (χ0n) is 8.76. The van der Waals surface area contributed by atoms with Gasteiger partial charge in [-0.2, -0.15) is 0 Å². The van der Waals surface area contributed by atoms with E-state index in [0.717, 1.165) is 36.1 Å². The fourth-order valence-corrected chi connectivity index (χ4v) is 1.81. The molecule has 0 radical (unpaired) electrons. The predicted molar refractivity (Wildman–Crippen MR) is 63.8 cm³/mol. The molecule has 4 heteroatoms. The molecule has 15 heavy (non-hydrogen) atoms. The van der Waals surface area contributed by atoms with E-state index < -0.39 is 0 Å². The summed E-state index contributed by atoms with van der Waals surface area (Å²) in [6.45, 7) is 2.98. The summed E-state index contributed by atoms with van der Waals surface area (Å²) < 4.78 is 6.18. The quantitative estimate of drug-likeness (QED) is 0.748. The van der Waals surface area contributed by atoms with Crippen LogP contribution in [0.4, 0.5) is 0 Å². The first-order chi connectivity index (χ1) is 7.34. The van der Waals surface area contributed by atoms with Gasteiger partial charge in [-0.3, -0.25) is 0 Å². The Morgan fingerprint density at radius 2 is 2.20 bits per heavy atom. The number of nitrogens with one attached hydrogen (secondary N) is 2. The van der Waals surface area contributed by atoms with Crippen molar-refractivity contribution in [3.05, 3.63) is 22.6 Å². The van der Waals surface area contributed by atoms with Gasteiger partial charge >= 0.3 is 0 Å². The van der Waals surface area contributed by atoms with Crippen LogP contribution >= 0.6 is 15.9 Å². The summed E-state index contributed by atoms with van der Waals surface area (Å²) in [5.74, 6) is 0.983. The molecule has 1 aromatic rings. The molecule has 0 spiro atoms. The Morgan fingerprint density at radius 3 is 2.87 bits per heavy atom. The number of rotatable bonds is 7. The van der Waals surface area contributed by atoms with Gasteiger partial charge in [0.1, 0.15) is 5.76 Å². The number of hydrogen-bond donors (Lipinski definition) is 2. The van der Waals surface area contributed by atoms with E-state index >= 15 is 0 Å². The Bertz CT molecular complexity index is 297. The maximum absolute atomic E-state index is 5.38. The van der Waals surface area contributed by atoms with Crippen molar-refractivity contribution in [1.82, 2.24) is 10.6 Å². The Balaban J connectivity index is 1.47. The molecule has 84 valence electrons. The molecule has 0 amide bonds. The number of hydrogen-bond acceptors (Lipinski definition) is 3. The standard InChI is InChI=1S/C11H17BrN2O/c12-11-5-4-10(15-11)8-13-6-1-7-14-9-2-3-9/h4-5,9,13-14H,1-3,6-8H2. The van der Waals surface area contributed by atoms with Crippen molar-refractivity contribution in [2.45, 2.75) is 31.8 Å². The Hall–Kier alpha value is -0.320. The summed E-state index contributed by atoms with van der Waals surface area (Å²) in [5, 5.41) is 6.84. The summed E-state index contributed by atoms with van der Waals surface area (Å²) in [5.41, 5.74) is 0. The topological polar surface area (TPSA) is 37.2 Å². The molecule has 2 rings (SSSR count). The molecule has 1 aliphatic rings. The lowest BCUT2D eigenvalue weighted by Gasteiger charge is -2.03. The zero-order chi connectivity index (χ0) is 10.5. The van der Waals surface area contributed by atoms with Crippen LogP contribution < -0.4 is 10.6 Å². The first-order valence-corrected chi connectivity index (χ1v) is 6.32. The van der Waals surface area contributed by atoms with Gasteiger partial charge in [0.25, 0.3) is 0 Å². The van der Waals surface area contributed by atoms with Crippen LogP contribution in [0, 0.1) is 0 Å². The van der Waals surface area contributed by atoms with Crippen molar-refractivity contribution in [3.63, 3.8) is 0 Å². The van der Waals surface area contributed by atoms with Crippen LogP contribution in [0.5, 0.6) is 0 Å². The molecule has 1 aliphatic carbocycles. The minimum atomic E-state index is 0.801. The summed E-state index contributed by atoms with van der Waals surface area (Å²) in [6, 6.07) is 4.73. The van der Waals surface area contributed by atoms with Gasteiger partial charge in [0.15, 0.2) is 4.67 Å². The van der Waals surface area contributed by atoms with E-state index in [0.29, 0.717) is 0 Å². The number of furan rings is 1. The van der Waals surface area contributed by atoms with Gasteiger partial charge in [-0.15, -0.1) is 0 Å². The second-order valence-corrected chi connectivity index (χ2v) is 4.75. The van der Waals surface area contributed by atoms with Crippen LogP contribution in [0.1, 0.15) is 25.0 Å². The van der Waals surface area contributed by atoms with Crippen molar-refractivity contribution >= 4 is 15.9 Å². The highest BCUT2D eigenvalue weighted by molar-refractivity contribution is 9.10. The van der Waals surface area contributed by atoms with Crippen LogP contribution in [0.2, 0.25) is 0 Å². The van der Waals surface area contributed by atoms with E-state index in [9.17, 15) is 0 Å². The third kappa shape index (κ3) is 4.36. The molecule has 2 N–H and O–H groups in total. The molecule has 0 aliphatic heterocycles. The van der Waals surface area contributed by atoms with Gasteiger partial charge in [0, 0.05) is 6.04 Å². The fraction of sp³-hybridized carbons (Fsp3) is 0.636. The molecule has 0 atom stereocenters. The Labute approximate surface area is 98.7 Å². The second-order valence-electron chi connectivity index (χ2n) is 3.96. The molecule has 1 saturated carbocycles. The summed E-state index contributed by atoms with van der Waals surface area (Å²) in [4.78, 5) is 0. The largest absolute Gasteiger partial charge is 0.453 e. The van der Waals surface area contributed by atoms with Crippen LogP contribution in [0.15, 0.2) is 21.2 Å². The normalized spacial score (nSPS) is 15.8. The maximum atomic E-state index is 5.38. The third-order valence-electron chi connectivity index (χ3n) is 2.47. The van der Waals surface area contributed by atoms with E-state index in [1.54, 1.807) is 0 Å². The fourth-order valence-electron chi connectivity index (χ4n) is 1.47. The van der Waals surface area contributed by atoms with Crippen molar-refractivity contribution in [3.8, 4) is 0 Å². The van der Waals surface area contributed by atoms with Crippen LogP contribution in [0.25, 0.3) is 0 Å². The highest BCUT2D eigenvalue weighted by atomic mass is 79.9. The highest BCUT2D eigenvalue weighted by Gasteiger charge is 2.19. The van der Waals surface area contributed by atoms with Crippen LogP contribution in [-0.4, -0.2) is 19.1 Å². The molecule has 1 fully saturated rings. The van der Waals surface area contributed by atoms with Gasteiger partial charge < -0.3 is 15.1 Å². The monoisotopic (exact) mass is 272 g/mol. The van der Waals surface area contributed by atoms with Gasteiger partial charge in [0.2, 0.25) is 0 Å². The van der Waals surface area contributed by atoms with Crippen LogP contribution in [0.3, 0.4) is 0 Å². The first-order valence-electron chi connectivity index (χ1n) is 5.53. The molecule has 0 bridgehead atoms. The minimum Gasteiger partial charge on any atom is -0.453 e. The zero-order valence-corrected chi connectivity index (χ0v) is 10.3. The average Bonchev–Trinajstić information content (AvgIpc) is 2.95. The second kappa shape index (κ2) is 5.68. The van der Waals surface area contributed by atoms with Gasteiger partial charge in [-0.1, -0.05) is 0 Å². The summed E-state index contributed by atoms with van der Waals surface area (Å²) in [7, 11) is 0. The first kappa shape index (κ1) is 11.2. The molecular formula is C11H17BrN2O. The molecular weight excluding hydrogens is 256 g/mol. The number of halogens is 1. The van der Waals surface area contributed by atoms with E-state index in [4.69, 9.17) is 4.42 Å². The van der Waals surface area contributed by atoms with Crippen molar-refractivity contribution in [1.29, 1.82) is 0 Å². The summed E-state index contributed by atoms with van der Waals surface area (Å²) >= 11 is 3.28. The van der Waals surface area contributed by atoms with Crippen LogP contribution in [-0.2, 0) is 6.54 Å². The smallest absolute Gasteiger partial charge is 0.169 e. The Morgan fingerprint density at radius 1 is 1.33 bits per heavy atom. The van der Waals surface area contributed by atoms with Crippen molar-refractivity contribution in [2.75, 3.05) is 13.1 Å². The minimum absolute atomic E-state index is 0.801. The van der Waals surface area contributed by atoms with Gasteiger partial charge in [0.05, 0.1) is 6.54 Å². The average molecular weight is 273 g/mol. The Kier molecular flexibility index (Phi) is 4.23. The maximum Gasteiger partial charge on any atom is 0.169 e. The van der Waals surface area contributed by atoms with E-state index in [-0.39, 0.29) is 0 Å². The predicted octanol–water partition coefficient (Wildman–Crippen LogP) is 2.27. The highest BCUT2D eigenvalue weighted by Crippen LogP contribution is 2.18. The van der Waals surface area contributed by atoms with Crippen molar-refractivity contribution < 1.29 is 4.42 Å². The van der Waals surface area contributed by atoms with Gasteiger partial charge in [-0.25, -0.2) is 0 Å². The van der Waals surface area contributed by atoms with Crippen molar-refractivity contribution in [2.24, 2.45) is 0 Å². The lowest BCUT2D eigenvalue weighted by molar-refractivity contribution is 0.462. The van der Waals surface area contributed by atoms with Gasteiger partial charge in [-0.05, 0) is 60.4 Å². The SMILES string of the molecule is Brc1ccc(CNCCCNC2CC2)o1. The third-order valence-corrected chi connectivity index (χ3v) is 2.89. The molecule has 0 aromatic carbocycles. The van der Waals surface area contributed by atoms with E-state index in [1.807, 2.05) is 12.1 Å². The molecule has 1 heterocycles. The van der Waals surface area contributed by atoms with E-state index in [2.05, 4.69) is 26.6 Å². The molecule has 1 aromatic heterocycles.